The van der Waals surface area contributed by atoms with E-state index in [0.29, 0.717) is 10.7 Å². The number of carbonyl (C=O) groups is 1. The predicted octanol–water partition coefficient (Wildman–Crippen LogP) is 1.05. The zero-order valence-electron chi connectivity index (χ0n) is 8.41. The number of rotatable bonds is 3. The van der Waals surface area contributed by atoms with Crippen molar-refractivity contribution in [1.82, 2.24) is 9.78 Å². The standard InChI is InChI=1S/C8H10F3N3O2/c1-2-16-7(15)4-14-5(8(9,10)11)3-6(12)13-14/h3H,2,4H2,1H3,(H2,12,13). The average Bonchev–Trinajstić information content (AvgIpc) is 2.46. The van der Waals surface area contributed by atoms with Crippen LogP contribution in [0.2, 0.25) is 0 Å². The van der Waals surface area contributed by atoms with E-state index in [1.807, 2.05) is 0 Å². The van der Waals surface area contributed by atoms with Crippen LogP contribution in [0.4, 0.5) is 19.0 Å². The molecule has 2 N–H and O–H groups in total. The Labute approximate surface area is 89.0 Å². The van der Waals surface area contributed by atoms with Crippen molar-refractivity contribution in [2.45, 2.75) is 19.6 Å². The van der Waals surface area contributed by atoms with Gasteiger partial charge < -0.3 is 10.5 Å². The molecular formula is C8H10F3N3O2. The Hall–Kier alpha value is -1.73. The second-order valence-electron chi connectivity index (χ2n) is 2.91. The van der Waals surface area contributed by atoms with Gasteiger partial charge in [0.1, 0.15) is 18.1 Å². The molecule has 0 spiro atoms. The van der Waals surface area contributed by atoms with Crippen LogP contribution in [0.1, 0.15) is 12.6 Å². The third-order valence-corrected chi connectivity index (χ3v) is 1.67. The molecule has 0 amide bonds. The largest absolute Gasteiger partial charge is 0.465 e. The van der Waals surface area contributed by atoms with E-state index in [1.165, 1.54) is 0 Å². The van der Waals surface area contributed by atoms with Crippen molar-refractivity contribution in [3.8, 4) is 0 Å². The number of hydrogen-bond acceptors (Lipinski definition) is 4. The number of nitrogens with zero attached hydrogens (tertiary/aromatic N) is 2. The van der Waals surface area contributed by atoms with Gasteiger partial charge in [-0.25, -0.2) is 4.68 Å². The van der Waals surface area contributed by atoms with Crippen LogP contribution in [-0.4, -0.2) is 22.4 Å². The normalized spacial score (nSPS) is 11.5. The zero-order chi connectivity index (χ0) is 12.3. The molecule has 1 aromatic rings. The van der Waals surface area contributed by atoms with Crippen LogP contribution < -0.4 is 5.73 Å². The van der Waals surface area contributed by atoms with Gasteiger partial charge in [0, 0.05) is 6.07 Å². The maximum Gasteiger partial charge on any atom is 0.433 e. The van der Waals surface area contributed by atoms with E-state index in [2.05, 4.69) is 9.84 Å². The number of ether oxygens (including phenoxy) is 1. The lowest BCUT2D eigenvalue weighted by molar-refractivity contribution is -0.149. The molecule has 0 bridgehead atoms. The van der Waals surface area contributed by atoms with E-state index < -0.39 is 24.4 Å². The van der Waals surface area contributed by atoms with Crippen molar-refractivity contribution in [3.05, 3.63) is 11.8 Å². The minimum absolute atomic E-state index is 0.0942. The molecule has 0 atom stereocenters. The van der Waals surface area contributed by atoms with E-state index in [1.54, 1.807) is 6.92 Å². The Balaban J connectivity index is 2.91. The third kappa shape index (κ3) is 2.88. The van der Waals surface area contributed by atoms with Gasteiger partial charge in [0.15, 0.2) is 0 Å². The number of nitrogen functional groups attached to an aromatic ring is 1. The summed E-state index contributed by atoms with van der Waals surface area (Å²) in [4.78, 5) is 11.0. The summed E-state index contributed by atoms with van der Waals surface area (Å²) in [7, 11) is 0. The predicted molar refractivity (Wildman–Crippen MR) is 48.3 cm³/mol. The van der Waals surface area contributed by atoms with Gasteiger partial charge in [-0.1, -0.05) is 0 Å². The van der Waals surface area contributed by atoms with Crippen LogP contribution in [-0.2, 0) is 22.3 Å². The van der Waals surface area contributed by atoms with Crippen LogP contribution in [0.15, 0.2) is 6.07 Å². The topological polar surface area (TPSA) is 70.1 Å². The fraction of sp³-hybridized carbons (Fsp3) is 0.500. The first-order chi connectivity index (χ1) is 7.34. The molecule has 16 heavy (non-hydrogen) atoms. The van der Waals surface area contributed by atoms with Crippen LogP contribution in [0.3, 0.4) is 0 Å². The Kier molecular flexibility index (Phi) is 3.41. The summed E-state index contributed by atoms with van der Waals surface area (Å²) in [5.74, 6) is -1.09. The van der Waals surface area contributed by atoms with Gasteiger partial charge >= 0.3 is 12.1 Å². The minimum Gasteiger partial charge on any atom is -0.465 e. The van der Waals surface area contributed by atoms with Crippen molar-refractivity contribution >= 4 is 11.8 Å². The van der Waals surface area contributed by atoms with Crippen LogP contribution in [0, 0.1) is 0 Å². The van der Waals surface area contributed by atoms with Crippen LogP contribution in [0.25, 0.3) is 0 Å². The van der Waals surface area contributed by atoms with Crippen molar-refractivity contribution in [2.75, 3.05) is 12.3 Å². The number of alkyl halides is 3. The molecule has 8 heteroatoms. The Morgan fingerprint density at radius 1 is 1.62 bits per heavy atom. The van der Waals surface area contributed by atoms with Crippen molar-refractivity contribution < 1.29 is 22.7 Å². The van der Waals surface area contributed by atoms with Crippen LogP contribution >= 0.6 is 0 Å². The van der Waals surface area contributed by atoms with Gasteiger partial charge in [0.05, 0.1) is 6.61 Å². The van der Waals surface area contributed by atoms with Gasteiger partial charge in [-0.15, -0.1) is 0 Å². The highest BCUT2D eigenvalue weighted by atomic mass is 19.4. The summed E-state index contributed by atoms with van der Waals surface area (Å²) >= 11 is 0. The SMILES string of the molecule is CCOC(=O)Cn1nc(N)cc1C(F)(F)F. The number of carbonyl (C=O) groups excluding carboxylic acids is 1. The van der Waals surface area contributed by atoms with Gasteiger partial charge in [-0.2, -0.15) is 18.3 Å². The Morgan fingerprint density at radius 2 is 2.25 bits per heavy atom. The number of halogens is 3. The number of esters is 1. The zero-order valence-corrected chi connectivity index (χ0v) is 8.41. The van der Waals surface area contributed by atoms with Gasteiger partial charge in [0.25, 0.3) is 0 Å². The maximum atomic E-state index is 12.4. The summed E-state index contributed by atoms with van der Waals surface area (Å²) in [6.07, 6.45) is -4.60. The molecule has 0 fully saturated rings. The molecule has 1 rings (SSSR count). The van der Waals surface area contributed by atoms with Gasteiger partial charge in [-0.05, 0) is 6.92 Å². The molecule has 0 saturated heterocycles. The lowest BCUT2D eigenvalue weighted by Gasteiger charge is -2.09. The molecule has 0 aromatic carbocycles. The van der Waals surface area contributed by atoms with E-state index >= 15 is 0 Å². The van der Waals surface area contributed by atoms with Gasteiger partial charge in [0.2, 0.25) is 0 Å². The molecule has 0 radical (unpaired) electrons. The molecule has 0 aliphatic rings. The first kappa shape index (κ1) is 12.3. The summed E-state index contributed by atoms with van der Waals surface area (Å²) in [6, 6.07) is 0.666. The molecule has 5 nitrogen and oxygen atoms in total. The quantitative estimate of drug-likeness (QED) is 0.797. The lowest BCUT2D eigenvalue weighted by atomic mass is 10.4. The number of aromatic nitrogens is 2. The highest BCUT2D eigenvalue weighted by Gasteiger charge is 2.36. The highest BCUT2D eigenvalue weighted by molar-refractivity contribution is 5.69. The maximum absolute atomic E-state index is 12.4. The van der Waals surface area contributed by atoms with E-state index in [4.69, 9.17) is 5.73 Å². The second kappa shape index (κ2) is 4.42. The van der Waals surface area contributed by atoms with Crippen LogP contribution in [0.5, 0.6) is 0 Å². The summed E-state index contributed by atoms with van der Waals surface area (Å²) in [5.41, 5.74) is 4.07. The number of nitrogens with two attached hydrogens (primary N) is 1. The molecule has 1 heterocycles. The molecule has 0 saturated carbocycles. The summed E-state index contributed by atoms with van der Waals surface area (Å²) < 4.78 is 42.3. The van der Waals surface area contributed by atoms with Crippen molar-refractivity contribution in [2.24, 2.45) is 0 Å². The molecule has 0 unspecified atom stereocenters. The monoisotopic (exact) mass is 237 g/mol. The fourth-order valence-electron chi connectivity index (χ4n) is 1.11. The Bertz CT molecular complexity index is 386. The average molecular weight is 237 g/mol. The molecule has 1 aromatic heterocycles. The first-order valence-electron chi connectivity index (χ1n) is 4.40. The molecule has 0 aliphatic heterocycles. The van der Waals surface area contributed by atoms with Gasteiger partial charge in [-0.3, -0.25) is 4.79 Å². The highest BCUT2D eigenvalue weighted by Crippen LogP contribution is 2.30. The summed E-state index contributed by atoms with van der Waals surface area (Å²) in [5, 5.41) is 3.37. The lowest BCUT2D eigenvalue weighted by Crippen LogP contribution is -2.20. The molecule has 90 valence electrons. The fourth-order valence-corrected chi connectivity index (χ4v) is 1.11. The first-order valence-corrected chi connectivity index (χ1v) is 4.40. The number of anilines is 1. The Morgan fingerprint density at radius 3 is 2.75 bits per heavy atom. The third-order valence-electron chi connectivity index (χ3n) is 1.67. The number of hydrogen-bond donors (Lipinski definition) is 1. The summed E-state index contributed by atoms with van der Waals surface area (Å²) in [6.45, 7) is 1.04. The smallest absolute Gasteiger partial charge is 0.433 e. The van der Waals surface area contributed by atoms with E-state index in [-0.39, 0.29) is 12.4 Å². The second-order valence-corrected chi connectivity index (χ2v) is 2.91. The molecule has 0 aliphatic carbocycles. The van der Waals surface area contributed by atoms with Crippen molar-refractivity contribution in [3.63, 3.8) is 0 Å². The van der Waals surface area contributed by atoms with E-state index in [9.17, 15) is 18.0 Å². The van der Waals surface area contributed by atoms with Crippen molar-refractivity contribution in [1.29, 1.82) is 0 Å². The minimum atomic E-state index is -4.60. The molecular weight excluding hydrogens is 227 g/mol. The van der Waals surface area contributed by atoms with E-state index in [0.717, 1.165) is 0 Å².